The molecule has 2 heterocycles. The number of carbonyl (C=O) groups is 1. The van der Waals surface area contributed by atoms with Gasteiger partial charge in [0.1, 0.15) is 11.5 Å². The molecule has 0 unspecified atom stereocenters. The Bertz CT molecular complexity index is 869. The molecule has 2 aromatic rings. The molecule has 0 radical (unpaired) electrons. The summed E-state index contributed by atoms with van der Waals surface area (Å²) in [5.41, 5.74) is 1.36. The van der Waals surface area contributed by atoms with E-state index in [1.165, 1.54) is 5.56 Å². The monoisotopic (exact) mass is 423 g/mol. The first-order valence-electron chi connectivity index (χ1n) is 11.0. The van der Waals surface area contributed by atoms with Gasteiger partial charge in [0.2, 0.25) is 0 Å². The molecule has 0 spiro atoms. The van der Waals surface area contributed by atoms with Gasteiger partial charge in [0.15, 0.2) is 6.61 Å². The second kappa shape index (κ2) is 9.28. The fourth-order valence-corrected chi connectivity index (χ4v) is 4.90. The summed E-state index contributed by atoms with van der Waals surface area (Å²) in [6.45, 7) is 10.0. The van der Waals surface area contributed by atoms with E-state index in [0.717, 1.165) is 50.8 Å². The summed E-state index contributed by atoms with van der Waals surface area (Å²) in [7, 11) is 1.69. The Balaban J connectivity index is 1.37. The summed E-state index contributed by atoms with van der Waals surface area (Å²) in [4.78, 5) is 19.9. The molecule has 2 aliphatic heterocycles. The van der Waals surface area contributed by atoms with Gasteiger partial charge >= 0.3 is 0 Å². The molecule has 166 valence electrons. The van der Waals surface area contributed by atoms with Crippen LogP contribution in [0, 0.1) is 0 Å². The van der Waals surface area contributed by atoms with Crippen LogP contribution >= 0.6 is 0 Å². The number of fused-ring (bicyclic) bond motifs is 1. The van der Waals surface area contributed by atoms with E-state index in [1.54, 1.807) is 7.11 Å². The van der Waals surface area contributed by atoms with Gasteiger partial charge in [0.05, 0.1) is 7.11 Å². The highest BCUT2D eigenvalue weighted by molar-refractivity contribution is 5.78. The average molecular weight is 424 g/mol. The van der Waals surface area contributed by atoms with Gasteiger partial charge in [-0.15, -0.1) is 0 Å². The van der Waals surface area contributed by atoms with Crippen LogP contribution in [0.15, 0.2) is 54.6 Å². The van der Waals surface area contributed by atoms with Crippen LogP contribution in [-0.2, 0) is 11.3 Å². The van der Waals surface area contributed by atoms with Crippen LogP contribution in [-0.4, -0.2) is 78.6 Å². The van der Waals surface area contributed by atoms with Crippen molar-refractivity contribution in [2.75, 3.05) is 46.4 Å². The lowest BCUT2D eigenvalue weighted by atomic mass is 9.92. The molecule has 0 bridgehead atoms. The quantitative estimate of drug-likeness (QED) is 0.715. The van der Waals surface area contributed by atoms with Gasteiger partial charge in [-0.2, -0.15) is 0 Å². The Morgan fingerprint density at radius 2 is 1.74 bits per heavy atom. The topological polar surface area (TPSA) is 45.3 Å². The zero-order chi connectivity index (χ0) is 21.8. The van der Waals surface area contributed by atoms with E-state index in [1.807, 2.05) is 47.4 Å². The van der Waals surface area contributed by atoms with Crippen LogP contribution in [0.25, 0.3) is 0 Å². The maximum absolute atomic E-state index is 12.8. The molecule has 1 amide bonds. The Hall–Kier alpha value is -2.57. The van der Waals surface area contributed by atoms with Crippen LogP contribution in [0.1, 0.15) is 19.4 Å². The fraction of sp³-hybridized carbons (Fsp3) is 0.480. The van der Waals surface area contributed by atoms with Crippen molar-refractivity contribution in [3.8, 4) is 11.5 Å². The second-order valence-electron chi connectivity index (χ2n) is 9.12. The number of nitrogens with zero attached hydrogens (tertiary/aromatic N) is 3. The summed E-state index contributed by atoms with van der Waals surface area (Å²) in [6, 6.07) is 18.2. The third-order valence-corrected chi connectivity index (χ3v) is 6.36. The zero-order valence-corrected chi connectivity index (χ0v) is 18.8. The minimum Gasteiger partial charge on any atom is -0.497 e. The summed E-state index contributed by atoms with van der Waals surface area (Å²) in [6.07, 6.45) is 0. The lowest BCUT2D eigenvalue weighted by molar-refractivity contribution is -0.141. The van der Waals surface area contributed by atoms with Gasteiger partial charge in [0, 0.05) is 50.8 Å². The lowest BCUT2D eigenvalue weighted by Crippen LogP contribution is -2.70. The van der Waals surface area contributed by atoms with Crippen LogP contribution in [0.3, 0.4) is 0 Å². The molecule has 0 N–H and O–H groups in total. The number of hydrogen-bond donors (Lipinski definition) is 0. The zero-order valence-electron chi connectivity index (χ0n) is 18.8. The van der Waals surface area contributed by atoms with Crippen molar-refractivity contribution in [3.05, 3.63) is 60.2 Å². The highest BCUT2D eigenvalue weighted by Crippen LogP contribution is 2.29. The number of piperazine rings is 2. The second-order valence-corrected chi connectivity index (χ2v) is 9.12. The first-order valence-corrected chi connectivity index (χ1v) is 11.0. The van der Waals surface area contributed by atoms with Crippen LogP contribution in [0.5, 0.6) is 11.5 Å². The number of hydrogen-bond acceptors (Lipinski definition) is 5. The predicted octanol–water partition coefficient (Wildman–Crippen LogP) is 2.88. The third-order valence-electron chi connectivity index (χ3n) is 6.36. The number of rotatable bonds is 6. The van der Waals surface area contributed by atoms with Crippen molar-refractivity contribution < 1.29 is 14.3 Å². The third kappa shape index (κ3) is 5.20. The van der Waals surface area contributed by atoms with Gasteiger partial charge in [-0.1, -0.05) is 30.3 Å². The summed E-state index contributed by atoms with van der Waals surface area (Å²) < 4.78 is 11.0. The smallest absolute Gasteiger partial charge is 0.260 e. The Labute approximate surface area is 185 Å². The van der Waals surface area contributed by atoms with Crippen molar-refractivity contribution >= 4 is 5.91 Å². The van der Waals surface area contributed by atoms with Gasteiger partial charge in [0.25, 0.3) is 5.91 Å². The summed E-state index contributed by atoms with van der Waals surface area (Å²) >= 11 is 0. The molecule has 1 atom stereocenters. The SMILES string of the molecule is COc1ccc(CN2C[C@@H]3CN(C(=O)COc4ccccc4)CCN3C(C)(C)C2)cc1. The van der Waals surface area contributed by atoms with E-state index in [9.17, 15) is 4.79 Å². The van der Waals surface area contributed by atoms with Crippen molar-refractivity contribution in [1.29, 1.82) is 0 Å². The largest absolute Gasteiger partial charge is 0.497 e. The van der Waals surface area contributed by atoms with Crippen LogP contribution < -0.4 is 9.47 Å². The van der Waals surface area contributed by atoms with Crippen molar-refractivity contribution in [2.24, 2.45) is 0 Å². The number of para-hydroxylation sites is 1. The fourth-order valence-electron chi connectivity index (χ4n) is 4.90. The highest BCUT2D eigenvalue weighted by Gasteiger charge is 2.43. The minimum absolute atomic E-state index is 0.0635. The van der Waals surface area contributed by atoms with Crippen molar-refractivity contribution in [3.63, 3.8) is 0 Å². The normalized spacial score (nSPS) is 21.4. The van der Waals surface area contributed by atoms with E-state index in [2.05, 4.69) is 35.8 Å². The van der Waals surface area contributed by atoms with Crippen LogP contribution in [0.4, 0.5) is 0 Å². The van der Waals surface area contributed by atoms with Crippen LogP contribution in [0.2, 0.25) is 0 Å². The molecule has 31 heavy (non-hydrogen) atoms. The van der Waals surface area contributed by atoms with Gasteiger partial charge in [-0.3, -0.25) is 14.6 Å². The number of carbonyl (C=O) groups excluding carboxylic acids is 1. The molecule has 0 aromatic heterocycles. The molecule has 6 nitrogen and oxygen atoms in total. The summed E-state index contributed by atoms with van der Waals surface area (Å²) in [5.74, 6) is 1.68. The van der Waals surface area contributed by atoms with E-state index < -0.39 is 0 Å². The van der Waals surface area contributed by atoms with Crippen molar-refractivity contribution in [2.45, 2.75) is 32.0 Å². The molecule has 6 heteroatoms. The molecule has 0 aliphatic carbocycles. The van der Waals surface area contributed by atoms with Gasteiger partial charge in [-0.05, 0) is 43.7 Å². The molecule has 2 aromatic carbocycles. The molecular formula is C25H33N3O3. The molecule has 2 aliphatic rings. The van der Waals surface area contributed by atoms with E-state index in [-0.39, 0.29) is 18.1 Å². The number of methoxy groups -OCH3 is 1. The molecule has 4 rings (SSSR count). The summed E-state index contributed by atoms with van der Waals surface area (Å²) in [5, 5.41) is 0. The maximum atomic E-state index is 12.8. The molecule has 2 fully saturated rings. The van der Waals surface area contributed by atoms with Gasteiger partial charge in [-0.25, -0.2) is 0 Å². The lowest BCUT2D eigenvalue weighted by Gasteiger charge is -2.55. The van der Waals surface area contributed by atoms with E-state index >= 15 is 0 Å². The molecule has 0 saturated carbocycles. The van der Waals surface area contributed by atoms with E-state index in [0.29, 0.717) is 6.04 Å². The first kappa shape index (κ1) is 21.7. The van der Waals surface area contributed by atoms with Crippen molar-refractivity contribution in [1.82, 2.24) is 14.7 Å². The molecular weight excluding hydrogens is 390 g/mol. The Kier molecular flexibility index (Phi) is 6.49. The highest BCUT2D eigenvalue weighted by atomic mass is 16.5. The standard InChI is InChI=1S/C25H33N3O3/c1-25(2)19-26(15-20-9-11-22(30-3)12-10-20)16-21-17-27(13-14-28(21)25)24(29)18-31-23-7-5-4-6-8-23/h4-12,21H,13-19H2,1-3H3/t21-/m1/s1. The average Bonchev–Trinajstić information content (AvgIpc) is 2.78. The Morgan fingerprint density at radius 3 is 2.45 bits per heavy atom. The first-order chi connectivity index (χ1) is 14.9. The maximum Gasteiger partial charge on any atom is 0.260 e. The minimum atomic E-state index is 0.0635. The molecule has 2 saturated heterocycles. The Morgan fingerprint density at radius 1 is 1.00 bits per heavy atom. The number of benzene rings is 2. The number of ether oxygens (including phenoxy) is 2. The predicted molar refractivity (Wildman–Crippen MR) is 121 cm³/mol. The van der Waals surface area contributed by atoms with Gasteiger partial charge < -0.3 is 14.4 Å². The van der Waals surface area contributed by atoms with E-state index in [4.69, 9.17) is 9.47 Å². The number of amides is 1.